The number of carboxylic acid groups (broad SMARTS) is 1. The number of rotatable bonds is 5. The SMILES string of the molecule is CC(c1c(NC(=O)NNC(=O)Nc2cnc(-n3nccn3)c(Cl)c2)cnc2cc(Cl)nn12)N(C)C(=O)O. The summed E-state index contributed by atoms with van der Waals surface area (Å²) in [5, 5.41) is 26.6. The number of halogens is 2. The monoisotopic (exact) mass is 548 g/mol. The van der Waals surface area contributed by atoms with E-state index in [9.17, 15) is 19.5 Å². The van der Waals surface area contributed by atoms with Crippen LogP contribution >= 0.6 is 23.2 Å². The summed E-state index contributed by atoms with van der Waals surface area (Å²) in [6.07, 6.45) is 4.36. The minimum atomic E-state index is -1.20. The summed E-state index contributed by atoms with van der Waals surface area (Å²) in [4.78, 5) is 46.7. The van der Waals surface area contributed by atoms with Crippen molar-refractivity contribution in [2.24, 2.45) is 0 Å². The van der Waals surface area contributed by atoms with Crippen LogP contribution in [-0.2, 0) is 0 Å². The molecule has 0 radical (unpaired) electrons. The first-order chi connectivity index (χ1) is 17.6. The van der Waals surface area contributed by atoms with E-state index >= 15 is 0 Å². The zero-order valence-electron chi connectivity index (χ0n) is 19.0. The van der Waals surface area contributed by atoms with E-state index in [0.29, 0.717) is 5.65 Å². The fourth-order valence-electron chi connectivity index (χ4n) is 3.17. The van der Waals surface area contributed by atoms with Gasteiger partial charge in [0.2, 0.25) is 0 Å². The van der Waals surface area contributed by atoms with Gasteiger partial charge in [0.1, 0.15) is 0 Å². The Morgan fingerprint density at radius 1 is 1.03 bits per heavy atom. The molecule has 0 bridgehead atoms. The van der Waals surface area contributed by atoms with E-state index in [2.05, 4.69) is 46.7 Å². The van der Waals surface area contributed by atoms with Gasteiger partial charge in [-0.1, -0.05) is 23.2 Å². The molecule has 4 heterocycles. The zero-order chi connectivity index (χ0) is 26.7. The van der Waals surface area contributed by atoms with Crippen molar-refractivity contribution in [3.63, 3.8) is 0 Å². The lowest BCUT2D eigenvalue weighted by molar-refractivity contribution is 0.140. The van der Waals surface area contributed by atoms with Gasteiger partial charge in [0.05, 0.1) is 52.9 Å². The molecule has 1 atom stereocenters. The number of hydrazine groups is 1. The summed E-state index contributed by atoms with van der Waals surface area (Å²) >= 11 is 12.2. The summed E-state index contributed by atoms with van der Waals surface area (Å²) < 4.78 is 1.32. The zero-order valence-corrected chi connectivity index (χ0v) is 20.6. The number of hydrogen-bond acceptors (Lipinski definition) is 8. The first-order valence-electron chi connectivity index (χ1n) is 10.3. The Hall–Kier alpha value is -4.70. The third-order valence-corrected chi connectivity index (χ3v) is 5.46. The first kappa shape index (κ1) is 25.4. The average molecular weight is 549 g/mol. The fourth-order valence-corrected chi connectivity index (χ4v) is 3.59. The van der Waals surface area contributed by atoms with Crippen molar-refractivity contribution in [1.82, 2.24) is 50.3 Å². The van der Waals surface area contributed by atoms with Crippen LogP contribution in [0.5, 0.6) is 0 Å². The number of aromatic nitrogens is 7. The number of carbonyl (C=O) groups excluding carboxylic acids is 2. The van der Waals surface area contributed by atoms with Gasteiger partial charge in [0, 0.05) is 13.1 Å². The van der Waals surface area contributed by atoms with E-state index in [4.69, 9.17) is 23.2 Å². The molecule has 37 heavy (non-hydrogen) atoms. The van der Waals surface area contributed by atoms with Crippen molar-refractivity contribution in [3.8, 4) is 5.82 Å². The molecule has 4 rings (SSSR count). The molecule has 4 aromatic rings. The molecule has 0 saturated heterocycles. The second-order valence-corrected chi connectivity index (χ2v) is 8.16. The largest absolute Gasteiger partial charge is 0.465 e. The van der Waals surface area contributed by atoms with Gasteiger partial charge < -0.3 is 20.6 Å². The summed E-state index contributed by atoms with van der Waals surface area (Å²) in [5.74, 6) is 0.262. The molecule has 18 heteroatoms. The highest BCUT2D eigenvalue weighted by Crippen LogP contribution is 2.28. The summed E-state index contributed by atoms with van der Waals surface area (Å²) in [6, 6.07) is 0.493. The number of nitrogens with one attached hydrogen (secondary N) is 4. The maximum Gasteiger partial charge on any atom is 0.407 e. The van der Waals surface area contributed by atoms with Crippen molar-refractivity contribution in [2.75, 3.05) is 17.7 Å². The van der Waals surface area contributed by atoms with Gasteiger partial charge >= 0.3 is 18.2 Å². The highest BCUT2D eigenvalue weighted by Gasteiger charge is 2.25. The number of urea groups is 2. The molecule has 0 fully saturated rings. The molecule has 0 aromatic carbocycles. The van der Waals surface area contributed by atoms with Crippen LogP contribution in [0, 0.1) is 0 Å². The third kappa shape index (κ3) is 5.60. The Bertz CT molecular complexity index is 1480. The van der Waals surface area contributed by atoms with Crippen LogP contribution in [0.1, 0.15) is 18.7 Å². The predicted molar refractivity (Wildman–Crippen MR) is 131 cm³/mol. The molecule has 0 aliphatic carbocycles. The number of pyridine rings is 1. The van der Waals surface area contributed by atoms with Crippen LogP contribution in [0.25, 0.3) is 11.5 Å². The van der Waals surface area contributed by atoms with Gasteiger partial charge in [-0.2, -0.15) is 15.3 Å². The number of fused-ring (bicyclic) bond motifs is 1. The molecule has 16 nitrogen and oxygen atoms in total. The van der Waals surface area contributed by atoms with Crippen LogP contribution in [0.15, 0.2) is 36.9 Å². The van der Waals surface area contributed by atoms with E-state index in [1.165, 1.54) is 53.3 Å². The standard InChI is InChI=1S/C19H18Cl2N12O4/c1-9(31(2)19(36)37)15-12(8-22-14-6-13(21)30-32(14)15)27-18(35)29-28-17(34)26-10-5-11(20)16(23-7-10)33-24-3-4-25-33/h3-9H,1-2H3,(H,36,37)(H2,26,28,34)(H2,27,29,35). The molecule has 5 N–H and O–H groups in total. The highest BCUT2D eigenvalue weighted by molar-refractivity contribution is 6.32. The third-order valence-electron chi connectivity index (χ3n) is 4.99. The van der Waals surface area contributed by atoms with E-state index in [-0.39, 0.29) is 33.1 Å². The van der Waals surface area contributed by atoms with Crippen LogP contribution in [-0.4, -0.2) is 69.8 Å². The topological polar surface area (TPSA) is 197 Å². The van der Waals surface area contributed by atoms with Crippen molar-refractivity contribution in [1.29, 1.82) is 0 Å². The lowest BCUT2D eigenvalue weighted by Crippen LogP contribution is -2.46. The van der Waals surface area contributed by atoms with E-state index < -0.39 is 24.2 Å². The summed E-state index contributed by atoms with van der Waals surface area (Å²) in [6.45, 7) is 1.60. The molecule has 0 saturated carbocycles. The maximum atomic E-state index is 12.5. The van der Waals surface area contributed by atoms with Crippen LogP contribution in [0.2, 0.25) is 10.2 Å². The minimum Gasteiger partial charge on any atom is -0.465 e. The van der Waals surface area contributed by atoms with Gasteiger partial charge in [0.15, 0.2) is 16.6 Å². The van der Waals surface area contributed by atoms with Crippen molar-refractivity contribution in [2.45, 2.75) is 13.0 Å². The predicted octanol–water partition coefficient (Wildman–Crippen LogP) is 2.54. The molecule has 0 aliphatic heterocycles. The Kier molecular flexibility index (Phi) is 7.21. The number of carbonyl (C=O) groups is 3. The molecular formula is C19H18Cl2N12O4. The lowest BCUT2D eigenvalue weighted by atomic mass is 10.2. The van der Waals surface area contributed by atoms with Gasteiger partial charge in [-0.25, -0.2) is 39.7 Å². The molecule has 192 valence electrons. The molecule has 0 aliphatic rings. The molecule has 0 spiro atoms. The summed E-state index contributed by atoms with van der Waals surface area (Å²) in [7, 11) is 1.36. The van der Waals surface area contributed by atoms with Gasteiger partial charge in [0.25, 0.3) is 0 Å². The Balaban J connectivity index is 1.42. The normalized spacial score (nSPS) is 11.6. The minimum absolute atomic E-state index is 0.127. The number of nitrogens with zero attached hydrogens (tertiary/aromatic N) is 8. The van der Waals surface area contributed by atoms with Crippen LogP contribution in [0.4, 0.5) is 25.8 Å². The number of amides is 5. The molecule has 4 aromatic heterocycles. The molecular weight excluding hydrogens is 531 g/mol. The smallest absolute Gasteiger partial charge is 0.407 e. The van der Waals surface area contributed by atoms with Gasteiger partial charge in [-0.3, -0.25) is 0 Å². The fraction of sp³-hybridized carbons (Fsp3) is 0.158. The van der Waals surface area contributed by atoms with Gasteiger partial charge in [-0.05, 0) is 13.0 Å². The Morgan fingerprint density at radius 3 is 2.35 bits per heavy atom. The van der Waals surface area contributed by atoms with Crippen molar-refractivity contribution in [3.05, 3.63) is 52.8 Å². The van der Waals surface area contributed by atoms with Gasteiger partial charge in [-0.15, -0.1) is 4.80 Å². The van der Waals surface area contributed by atoms with Crippen LogP contribution < -0.4 is 21.5 Å². The number of anilines is 2. The summed E-state index contributed by atoms with van der Waals surface area (Å²) in [5.41, 5.74) is 5.33. The van der Waals surface area contributed by atoms with Crippen molar-refractivity contribution >= 4 is 58.4 Å². The molecule has 1 unspecified atom stereocenters. The van der Waals surface area contributed by atoms with Crippen LogP contribution in [0.3, 0.4) is 0 Å². The van der Waals surface area contributed by atoms with E-state index in [1.807, 2.05) is 0 Å². The first-order valence-corrected chi connectivity index (χ1v) is 11.1. The second-order valence-electron chi connectivity index (χ2n) is 7.37. The Morgan fingerprint density at radius 2 is 1.70 bits per heavy atom. The average Bonchev–Trinajstić information content (AvgIpc) is 3.51. The maximum absolute atomic E-state index is 12.5. The van der Waals surface area contributed by atoms with Crippen molar-refractivity contribution < 1.29 is 19.5 Å². The lowest BCUT2D eigenvalue weighted by Gasteiger charge is -2.24. The second kappa shape index (κ2) is 10.5. The quantitative estimate of drug-likeness (QED) is 0.232. The number of hydrogen-bond donors (Lipinski definition) is 5. The van der Waals surface area contributed by atoms with E-state index in [1.54, 1.807) is 6.92 Å². The Labute approximate surface area is 217 Å². The highest BCUT2D eigenvalue weighted by atomic mass is 35.5. The molecule has 5 amide bonds. The van der Waals surface area contributed by atoms with E-state index in [0.717, 1.165) is 4.90 Å².